The molecule has 2 heterocycles. The van der Waals surface area contributed by atoms with Crippen LogP contribution in [-0.4, -0.2) is 24.8 Å². The van der Waals surface area contributed by atoms with E-state index in [1.54, 1.807) is 30.2 Å². The molecule has 1 aromatic heterocycles. The number of benzene rings is 1. The van der Waals surface area contributed by atoms with Gasteiger partial charge in [0.1, 0.15) is 17.0 Å². The maximum Gasteiger partial charge on any atom is 0.400 e. The summed E-state index contributed by atoms with van der Waals surface area (Å²) in [7, 11) is 1.57. The van der Waals surface area contributed by atoms with E-state index in [0.29, 0.717) is 18.0 Å². The predicted molar refractivity (Wildman–Crippen MR) is 86.1 cm³/mol. The molecule has 1 unspecified atom stereocenters. The maximum atomic E-state index is 13.7. The number of fused-ring (bicyclic) bond motifs is 1. The minimum atomic E-state index is -4.41. The van der Waals surface area contributed by atoms with Gasteiger partial charge in [0.05, 0.1) is 7.11 Å². The lowest BCUT2D eigenvalue weighted by molar-refractivity contribution is -0.180. The minimum Gasteiger partial charge on any atom is -0.497 e. The molecule has 1 aliphatic rings. The number of anilines is 2. The number of pyridine rings is 1. The van der Waals surface area contributed by atoms with Crippen molar-refractivity contribution in [1.29, 1.82) is 0 Å². The molecule has 128 valence electrons. The quantitative estimate of drug-likeness (QED) is 0.931. The Hall–Kier alpha value is -2.44. The highest BCUT2D eigenvalue weighted by Gasteiger charge is 2.58. The van der Waals surface area contributed by atoms with Crippen molar-refractivity contribution >= 4 is 11.5 Å². The molecule has 1 atom stereocenters. The smallest absolute Gasteiger partial charge is 0.400 e. The molecule has 0 amide bonds. The van der Waals surface area contributed by atoms with Crippen LogP contribution in [0.3, 0.4) is 0 Å². The van der Waals surface area contributed by atoms with Crippen LogP contribution in [0.25, 0.3) is 0 Å². The van der Waals surface area contributed by atoms with Crippen molar-refractivity contribution in [2.24, 2.45) is 0 Å². The first-order chi connectivity index (χ1) is 11.3. The molecular formula is C17H18F3N3O. The van der Waals surface area contributed by atoms with Gasteiger partial charge in [0.2, 0.25) is 0 Å². The third kappa shape index (κ3) is 2.53. The molecule has 2 aromatic rings. The molecule has 0 fully saturated rings. The molecule has 0 aliphatic carbocycles. The molecular weight excluding hydrogens is 319 g/mol. The fraction of sp³-hybridized carbons (Fsp3) is 0.353. The van der Waals surface area contributed by atoms with Gasteiger partial charge >= 0.3 is 6.18 Å². The number of nitrogens with two attached hydrogens (primary N) is 1. The molecule has 2 N–H and O–H groups in total. The highest BCUT2D eigenvalue weighted by molar-refractivity contribution is 5.70. The van der Waals surface area contributed by atoms with Crippen molar-refractivity contribution in [3.63, 3.8) is 0 Å². The molecule has 0 saturated heterocycles. The van der Waals surface area contributed by atoms with Crippen LogP contribution in [0.5, 0.6) is 5.75 Å². The number of alkyl halides is 3. The molecule has 24 heavy (non-hydrogen) atoms. The number of nitrogens with zero attached hydrogens (tertiary/aromatic N) is 2. The third-order valence-corrected chi connectivity index (χ3v) is 4.52. The van der Waals surface area contributed by atoms with Crippen LogP contribution in [0.2, 0.25) is 0 Å². The Kier molecular flexibility index (Phi) is 3.81. The summed E-state index contributed by atoms with van der Waals surface area (Å²) < 4.78 is 46.2. The molecule has 0 saturated carbocycles. The standard InChI is InChI=1S/C17H18F3N3O/c1-16(17(18,19)20)10-23(13-7-8-22-15(21)14(13)16)9-11-3-5-12(24-2)6-4-11/h3-8H,9-10H2,1-2H3,(H2,21,22). The van der Waals surface area contributed by atoms with E-state index >= 15 is 0 Å². The highest BCUT2D eigenvalue weighted by Crippen LogP contribution is 2.52. The fourth-order valence-corrected chi connectivity index (χ4v) is 3.17. The lowest BCUT2D eigenvalue weighted by atomic mass is 9.84. The average molecular weight is 337 g/mol. The fourth-order valence-electron chi connectivity index (χ4n) is 3.17. The van der Waals surface area contributed by atoms with Gasteiger partial charge in [-0.15, -0.1) is 0 Å². The van der Waals surface area contributed by atoms with Gasteiger partial charge < -0.3 is 15.4 Å². The Bertz CT molecular complexity index is 746. The molecule has 4 nitrogen and oxygen atoms in total. The Morgan fingerprint density at radius 1 is 1.25 bits per heavy atom. The van der Waals surface area contributed by atoms with E-state index in [-0.39, 0.29) is 17.9 Å². The van der Waals surface area contributed by atoms with E-state index < -0.39 is 11.6 Å². The van der Waals surface area contributed by atoms with Gasteiger partial charge in [0.25, 0.3) is 0 Å². The van der Waals surface area contributed by atoms with Crippen molar-refractivity contribution in [3.05, 3.63) is 47.7 Å². The second-order valence-corrected chi connectivity index (χ2v) is 6.12. The molecule has 0 radical (unpaired) electrons. The number of hydrogen-bond acceptors (Lipinski definition) is 4. The first-order valence-electron chi connectivity index (χ1n) is 7.46. The topological polar surface area (TPSA) is 51.4 Å². The van der Waals surface area contributed by atoms with Crippen molar-refractivity contribution in [1.82, 2.24) is 4.98 Å². The lowest BCUT2D eigenvalue weighted by Crippen LogP contribution is -2.43. The normalized spacial score (nSPS) is 20.1. The Morgan fingerprint density at radius 2 is 1.92 bits per heavy atom. The number of aromatic nitrogens is 1. The summed E-state index contributed by atoms with van der Waals surface area (Å²) in [6.45, 7) is 1.35. The first-order valence-corrected chi connectivity index (χ1v) is 7.46. The molecule has 1 aliphatic heterocycles. The molecule has 0 spiro atoms. The van der Waals surface area contributed by atoms with Crippen LogP contribution >= 0.6 is 0 Å². The summed E-state index contributed by atoms with van der Waals surface area (Å²) in [5.74, 6) is 0.638. The molecule has 1 aromatic carbocycles. The van der Waals surface area contributed by atoms with E-state index in [0.717, 1.165) is 5.56 Å². The van der Waals surface area contributed by atoms with Crippen molar-refractivity contribution in [2.75, 3.05) is 24.3 Å². The zero-order chi connectivity index (χ0) is 17.5. The van der Waals surface area contributed by atoms with Gasteiger partial charge in [0.15, 0.2) is 0 Å². The molecule has 7 heteroatoms. The number of halogens is 3. The van der Waals surface area contributed by atoms with Crippen LogP contribution in [0, 0.1) is 0 Å². The summed E-state index contributed by atoms with van der Waals surface area (Å²) in [4.78, 5) is 5.56. The zero-order valence-electron chi connectivity index (χ0n) is 13.4. The van der Waals surface area contributed by atoms with Crippen LogP contribution < -0.4 is 15.4 Å². The Balaban J connectivity index is 1.98. The first kappa shape index (κ1) is 16.4. The summed E-state index contributed by atoms with van der Waals surface area (Å²) in [6.07, 6.45) is -2.97. The Labute approximate surface area is 138 Å². The number of methoxy groups -OCH3 is 1. The van der Waals surface area contributed by atoms with E-state index in [1.165, 1.54) is 13.1 Å². The van der Waals surface area contributed by atoms with Gasteiger partial charge in [0, 0.05) is 30.5 Å². The third-order valence-electron chi connectivity index (χ3n) is 4.52. The van der Waals surface area contributed by atoms with Crippen LogP contribution in [0.15, 0.2) is 36.5 Å². The van der Waals surface area contributed by atoms with E-state index in [2.05, 4.69) is 4.98 Å². The second kappa shape index (κ2) is 5.58. The van der Waals surface area contributed by atoms with Gasteiger partial charge in [-0.3, -0.25) is 0 Å². The minimum absolute atomic E-state index is 0.0611. The van der Waals surface area contributed by atoms with Gasteiger partial charge in [-0.2, -0.15) is 13.2 Å². The Morgan fingerprint density at radius 3 is 2.50 bits per heavy atom. The van der Waals surface area contributed by atoms with Gasteiger partial charge in [-0.05, 0) is 30.7 Å². The van der Waals surface area contributed by atoms with Crippen molar-refractivity contribution in [2.45, 2.75) is 25.1 Å². The zero-order valence-corrected chi connectivity index (χ0v) is 13.4. The van der Waals surface area contributed by atoms with E-state index in [4.69, 9.17) is 10.5 Å². The van der Waals surface area contributed by atoms with Crippen molar-refractivity contribution < 1.29 is 17.9 Å². The van der Waals surface area contributed by atoms with E-state index in [9.17, 15) is 13.2 Å². The largest absolute Gasteiger partial charge is 0.497 e. The van der Waals surface area contributed by atoms with Crippen LogP contribution in [0.4, 0.5) is 24.7 Å². The predicted octanol–water partition coefficient (Wildman–Crippen LogP) is 3.51. The summed E-state index contributed by atoms with van der Waals surface area (Å²) >= 11 is 0. The monoisotopic (exact) mass is 337 g/mol. The van der Waals surface area contributed by atoms with Gasteiger partial charge in [-0.25, -0.2) is 4.98 Å². The number of ether oxygens (including phenoxy) is 1. The van der Waals surface area contributed by atoms with Crippen LogP contribution in [-0.2, 0) is 12.0 Å². The number of nitrogen functional groups attached to an aromatic ring is 1. The highest BCUT2D eigenvalue weighted by atomic mass is 19.4. The average Bonchev–Trinajstić information content (AvgIpc) is 2.83. The summed E-state index contributed by atoms with van der Waals surface area (Å²) in [5.41, 5.74) is 5.19. The molecule has 0 bridgehead atoms. The van der Waals surface area contributed by atoms with Gasteiger partial charge in [-0.1, -0.05) is 12.1 Å². The van der Waals surface area contributed by atoms with Crippen LogP contribution in [0.1, 0.15) is 18.1 Å². The van der Waals surface area contributed by atoms with Crippen molar-refractivity contribution in [3.8, 4) is 5.75 Å². The summed E-state index contributed by atoms with van der Waals surface area (Å²) in [5, 5.41) is 0. The van der Waals surface area contributed by atoms with E-state index in [1.807, 2.05) is 12.1 Å². The maximum absolute atomic E-state index is 13.7. The number of rotatable bonds is 3. The number of hydrogen-bond donors (Lipinski definition) is 1. The SMILES string of the molecule is COc1ccc(CN2CC(C)(C(F)(F)F)c3c2ccnc3N)cc1. The summed E-state index contributed by atoms with van der Waals surface area (Å²) in [6, 6.07) is 8.84. The lowest BCUT2D eigenvalue weighted by Gasteiger charge is -2.29. The second-order valence-electron chi connectivity index (χ2n) is 6.12. The molecule has 3 rings (SSSR count).